The molecule has 17 heavy (non-hydrogen) atoms. The highest BCUT2D eigenvalue weighted by atomic mass is 16.5. The van der Waals surface area contributed by atoms with Gasteiger partial charge in [0.15, 0.2) is 18.1 Å². The predicted molar refractivity (Wildman–Crippen MR) is 54.6 cm³/mol. The summed E-state index contributed by atoms with van der Waals surface area (Å²) in [6, 6.07) is 3.10. The van der Waals surface area contributed by atoms with Crippen LogP contribution < -0.4 is 4.74 Å². The van der Waals surface area contributed by atoms with E-state index in [9.17, 15) is 4.79 Å². The fourth-order valence-electron chi connectivity index (χ4n) is 1.20. The fourth-order valence-corrected chi connectivity index (χ4v) is 1.20. The molecule has 0 aliphatic heterocycles. The molecule has 0 amide bonds. The molecule has 0 saturated heterocycles. The van der Waals surface area contributed by atoms with Gasteiger partial charge >= 0.3 is 5.97 Å². The zero-order valence-electron chi connectivity index (χ0n) is 8.95. The molecule has 2 heterocycles. The molecule has 0 saturated carbocycles. The van der Waals surface area contributed by atoms with Crippen molar-refractivity contribution >= 4 is 5.97 Å². The maximum atomic E-state index is 10.8. The number of nitrogens with zero attached hydrogens (tertiary/aromatic N) is 3. The number of aryl methyl sites for hydroxylation is 1. The molecule has 0 aliphatic carbocycles. The Bertz CT molecular complexity index is 538. The molecule has 0 bridgehead atoms. The first-order valence-electron chi connectivity index (χ1n) is 4.77. The molecular weight excluding hydrogens is 226 g/mol. The Morgan fingerprint density at radius 1 is 1.53 bits per heavy atom. The number of rotatable bonds is 4. The van der Waals surface area contributed by atoms with E-state index in [2.05, 4.69) is 15.2 Å². The first-order chi connectivity index (χ1) is 8.16. The first-order valence-corrected chi connectivity index (χ1v) is 4.77. The van der Waals surface area contributed by atoms with Crippen LogP contribution in [0.25, 0.3) is 0 Å². The van der Waals surface area contributed by atoms with E-state index in [0.717, 1.165) is 0 Å². The standard InChI is InChI=1S/C10H9N3O4/c1-6-12-13-8(17-6)5-16-7-3-2-4-11-9(7)10(14)15/h2-4H,5H2,1H3,(H,14,15). The summed E-state index contributed by atoms with van der Waals surface area (Å²) in [5.74, 6) is -0.283. The molecule has 2 rings (SSSR count). The van der Waals surface area contributed by atoms with Crippen molar-refractivity contribution in [3.05, 3.63) is 35.8 Å². The number of carboxylic acid groups (broad SMARTS) is 1. The summed E-state index contributed by atoms with van der Waals surface area (Å²) in [5.41, 5.74) is -0.149. The average Bonchev–Trinajstić information content (AvgIpc) is 2.73. The van der Waals surface area contributed by atoms with E-state index in [0.29, 0.717) is 5.89 Å². The van der Waals surface area contributed by atoms with Gasteiger partial charge in [0.2, 0.25) is 5.89 Å². The molecule has 0 unspecified atom stereocenters. The topological polar surface area (TPSA) is 98.3 Å². The van der Waals surface area contributed by atoms with Crippen molar-refractivity contribution in [1.82, 2.24) is 15.2 Å². The Morgan fingerprint density at radius 3 is 3.00 bits per heavy atom. The molecule has 0 fully saturated rings. The number of aromatic carboxylic acids is 1. The van der Waals surface area contributed by atoms with Crippen molar-refractivity contribution in [2.75, 3.05) is 0 Å². The summed E-state index contributed by atoms with van der Waals surface area (Å²) >= 11 is 0. The average molecular weight is 235 g/mol. The van der Waals surface area contributed by atoms with Gasteiger partial charge in [0.25, 0.3) is 5.89 Å². The summed E-state index contributed by atoms with van der Waals surface area (Å²) in [6.07, 6.45) is 1.38. The number of aromatic nitrogens is 3. The van der Waals surface area contributed by atoms with E-state index in [-0.39, 0.29) is 23.9 Å². The minimum absolute atomic E-state index is 0.00676. The van der Waals surface area contributed by atoms with Crippen LogP contribution in [-0.2, 0) is 6.61 Å². The third-order valence-electron chi connectivity index (χ3n) is 1.89. The molecule has 88 valence electrons. The van der Waals surface area contributed by atoms with Crippen LogP contribution in [0.15, 0.2) is 22.7 Å². The molecule has 7 heteroatoms. The molecule has 7 nitrogen and oxygen atoms in total. The lowest BCUT2D eigenvalue weighted by Crippen LogP contribution is -2.05. The smallest absolute Gasteiger partial charge is 0.358 e. The second-order valence-electron chi connectivity index (χ2n) is 3.16. The lowest BCUT2D eigenvalue weighted by molar-refractivity contribution is 0.0684. The van der Waals surface area contributed by atoms with E-state index < -0.39 is 5.97 Å². The minimum atomic E-state index is -1.15. The van der Waals surface area contributed by atoms with Crippen LogP contribution in [0.3, 0.4) is 0 Å². The maximum absolute atomic E-state index is 10.8. The van der Waals surface area contributed by atoms with Crippen LogP contribution in [0.2, 0.25) is 0 Å². The van der Waals surface area contributed by atoms with Gasteiger partial charge in [-0.1, -0.05) is 0 Å². The maximum Gasteiger partial charge on any atom is 0.358 e. The largest absolute Gasteiger partial charge is 0.481 e. The highest BCUT2D eigenvalue weighted by Crippen LogP contribution is 2.16. The van der Waals surface area contributed by atoms with Gasteiger partial charge in [-0.05, 0) is 12.1 Å². The zero-order valence-corrected chi connectivity index (χ0v) is 8.95. The van der Waals surface area contributed by atoms with Crippen molar-refractivity contribution in [2.24, 2.45) is 0 Å². The van der Waals surface area contributed by atoms with Crippen LogP contribution in [0.5, 0.6) is 5.75 Å². The predicted octanol–water partition coefficient (Wildman–Crippen LogP) is 1.05. The van der Waals surface area contributed by atoms with Crippen LogP contribution in [0.4, 0.5) is 0 Å². The Labute approximate surface area is 96.1 Å². The van der Waals surface area contributed by atoms with Crippen molar-refractivity contribution in [2.45, 2.75) is 13.5 Å². The van der Waals surface area contributed by atoms with Crippen molar-refractivity contribution in [3.8, 4) is 5.75 Å². The van der Waals surface area contributed by atoms with Gasteiger partial charge in [-0.2, -0.15) is 0 Å². The van der Waals surface area contributed by atoms with Crippen molar-refractivity contribution < 1.29 is 19.1 Å². The SMILES string of the molecule is Cc1nnc(COc2cccnc2C(=O)O)o1. The summed E-state index contributed by atoms with van der Waals surface area (Å²) in [6.45, 7) is 1.66. The van der Waals surface area contributed by atoms with Crippen LogP contribution in [-0.4, -0.2) is 26.3 Å². The van der Waals surface area contributed by atoms with Gasteiger partial charge in [0.05, 0.1) is 0 Å². The normalized spacial score (nSPS) is 10.2. The fraction of sp³-hybridized carbons (Fsp3) is 0.200. The van der Waals surface area contributed by atoms with E-state index in [1.165, 1.54) is 12.3 Å². The molecule has 0 aromatic carbocycles. The molecule has 0 spiro atoms. The Kier molecular flexibility index (Phi) is 2.99. The van der Waals surface area contributed by atoms with Gasteiger partial charge in [-0.3, -0.25) is 0 Å². The summed E-state index contributed by atoms with van der Waals surface area (Å²) in [4.78, 5) is 14.5. The second kappa shape index (κ2) is 4.60. The number of hydrogen-bond donors (Lipinski definition) is 1. The van der Waals surface area contributed by atoms with Gasteiger partial charge in [0, 0.05) is 13.1 Å². The van der Waals surface area contributed by atoms with Gasteiger partial charge in [-0.25, -0.2) is 9.78 Å². The Hall–Kier alpha value is -2.44. The quantitative estimate of drug-likeness (QED) is 0.845. The summed E-state index contributed by atoms with van der Waals surface area (Å²) in [7, 11) is 0. The highest BCUT2D eigenvalue weighted by molar-refractivity contribution is 5.88. The van der Waals surface area contributed by atoms with Crippen molar-refractivity contribution in [1.29, 1.82) is 0 Å². The minimum Gasteiger partial charge on any atom is -0.481 e. The van der Waals surface area contributed by atoms with Crippen molar-refractivity contribution in [3.63, 3.8) is 0 Å². The molecule has 0 radical (unpaired) electrons. The third kappa shape index (κ3) is 2.57. The lowest BCUT2D eigenvalue weighted by atomic mass is 10.3. The third-order valence-corrected chi connectivity index (χ3v) is 1.89. The Morgan fingerprint density at radius 2 is 2.35 bits per heavy atom. The summed E-state index contributed by atoms with van der Waals surface area (Å²) in [5, 5.41) is 16.2. The van der Waals surface area contributed by atoms with Crippen LogP contribution >= 0.6 is 0 Å². The van der Waals surface area contributed by atoms with E-state index in [1.54, 1.807) is 13.0 Å². The number of carbonyl (C=O) groups is 1. The van der Waals surface area contributed by atoms with E-state index in [1.807, 2.05) is 0 Å². The van der Waals surface area contributed by atoms with Gasteiger partial charge < -0.3 is 14.3 Å². The van der Waals surface area contributed by atoms with E-state index >= 15 is 0 Å². The lowest BCUT2D eigenvalue weighted by Gasteiger charge is -2.05. The molecule has 2 aromatic heterocycles. The number of pyridine rings is 1. The van der Waals surface area contributed by atoms with Crippen LogP contribution in [0.1, 0.15) is 22.3 Å². The molecule has 0 atom stereocenters. The van der Waals surface area contributed by atoms with Gasteiger partial charge in [0.1, 0.15) is 0 Å². The summed E-state index contributed by atoms with van der Waals surface area (Å²) < 4.78 is 10.3. The number of hydrogen-bond acceptors (Lipinski definition) is 6. The zero-order chi connectivity index (χ0) is 12.3. The number of ether oxygens (including phenoxy) is 1. The van der Waals surface area contributed by atoms with E-state index in [4.69, 9.17) is 14.3 Å². The monoisotopic (exact) mass is 235 g/mol. The van der Waals surface area contributed by atoms with Crippen LogP contribution in [0, 0.1) is 6.92 Å². The first kappa shape index (κ1) is 11.1. The molecule has 0 aliphatic rings. The molecule has 1 N–H and O–H groups in total. The van der Waals surface area contributed by atoms with Gasteiger partial charge in [-0.15, -0.1) is 10.2 Å². The molecular formula is C10H9N3O4. The highest BCUT2D eigenvalue weighted by Gasteiger charge is 2.13. The number of carboxylic acids is 1. The second-order valence-corrected chi connectivity index (χ2v) is 3.16. The molecule has 2 aromatic rings. The Balaban J connectivity index is 2.11.